The minimum Gasteiger partial charge on any atom is -0.357 e. The maximum Gasteiger partial charge on any atom is 0.191 e. The van der Waals surface area contributed by atoms with E-state index in [-0.39, 0.29) is 0 Å². The van der Waals surface area contributed by atoms with Gasteiger partial charge in [0, 0.05) is 56.6 Å². The van der Waals surface area contributed by atoms with Gasteiger partial charge < -0.3 is 15.5 Å². The van der Waals surface area contributed by atoms with Gasteiger partial charge in [0.25, 0.3) is 0 Å². The highest BCUT2D eigenvalue weighted by atomic mass is 32.1. The number of rotatable bonds is 8. The summed E-state index contributed by atoms with van der Waals surface area (Å²) in [5.41, 5.74) is 1.16. The lowest BCUT2D eigenvalue weighted by atomic mass is 10.0. The zero-order valence-electron chi connectivity index (χ0n) is 18.0. The van der Waals surface area contributed by atoms with Crippen molar-refractivity contribution in [2.75, 3.05) is 52.9 Å². The van der Waals surface area contributed by atoms with Crippen molar-refractivity contribution in [3.8, 4) is 0 Å². The normalized spacial score (nSPS) is 18.1. The second-order valence-electron chi connectivity index (χ2n) is 7.80. The van der Waals surface area contributed by atoms with Crippen molar-refractivity contribution >= 4 is 17.3 Å². The summed E-state index contributed by atoms with van der Waals surface area (Å²) in [6, 6.07) is 0.499. The van der Waals surface area contributed by atoms with Crippen LogP contribution in [0.1, 0.15) is 36.3 Å². The van der Waals surface area contributed by atoms with E-state index in [9.17, 15) is 0 Å². The molecule has 1 aliphatic rings. The van der Waals surface area contributed by atoms with Gasteiger partial charge in [0.2, 0.25) is 0 Å². The fourth-order valence-electron chi connectivity index (χ4n) is 3.36. The number of likely N-dealkylation sites (N-methyl/N-ethyl adjacent to an activating group) is 1. The number of hydrogen-bond donors (Lipinski definition) is 2. The Bertz CT molecular complexity index is 570. The van der Waals surface area contributed by atoms with Crippen molar-refractivity contribution in [3.63, 3.8) is 0 Å². The van der Waals surface area contributed by atoms with Gasteiger partial charge in [-0.1, -0.05) is 13.8 Å². The first-order valence-electron chi connectivity index (χ1n) is 10.3. The van der Waals surface area contributed by atoms with E-state index in [0.717, 1.165) is 63.9 Å². The van der Waals surface area contributed by atoms with E-state index in [4.69, 9.17) is 4.99 Å². The Balaban J connectivity index is 1.89. The molecular weight excluding hydrogens is 356 g/mol. The van der Waals surface area contributed by atoms with Gasteiger partial charge in [-0.05, 0) is 33.7 Å². The van der Waals surface area contributed by atoms with E-state index in [1.165, 1.54) is 9.88 Å². The van der Waals surface area contributed by atoms with E-state index in [2.05, 4.69) is 67.1 Å². The molecule has 0 spiro atoms. The number of aliphatic imine (C=N–C) groups is 1. The van der Waals surface area contributed by atoms with Gasteiger partial charge in [-0.25, -0.2) is 4.98 Å². The molecule has 1 fully saturated rings. The second-order valence-corrected chi connectivity index (χ2v) is 9.08. The van der Waals surface area contributed by atoms with Crippen molar-refractivity contribution < 1.29 is 0 Å². The molecule has 2 rings (SSSR count). The third-order valence-corrected chi connectivity index (χ3v) is 6.39. The van der Waals surface area contributed by atoms with Gasteiger partial charge >= 0.3 is 0 Å². The SMILES string of the molecule is CCNC(=NCC(C(C)C)N1CCN(C)CC1)NCCc1nc(C)c(C)s1. The van der Waals surface area contributed by atoms with Crippen LogP contribution in [0.15, 0.2) is 4.99 Å². The molecule has 27 heavy (non-hydrogen) atoms. The summed E-state index contributed by atoms with van der Waals surface area (Å²) in [4.78, 5) is 15.9. The highest BCUT2D eigenvalue weighted by Gasteiger charge is 2.24. The van der Waals surface area contributed by atoms with Crippen LogP contribution in [-0.4, -0.2) is 79.6 Å². The number of guanidine groups is 1. The number of hydrogen-bond acceptors (Lipinski definition) is 5. The van der Waals surface area contributed by atoms with Crippen LogP contribution in [-0.2, 0) is 6.42 Å². The van der Waals surface area contributed by atoms with Gasteiger partial charge in [-0.15, -0.1) is 11.3 Å². The maximum atomic E-state index is 4.91. The van der Waals surface area contributed by atoms with E-state index in [0.29, 0.717) is 12.0 Å². The molecule has 0 amide bonds. The zero-order chi connectivity index (χ0) is 19.8. The Morgan fingerprint density at radius 2 is 1.89 bits per heavy atom. The molecule has 1 saturated heterocycles. The Morgan fingerprint density at radius 3 is 2.44 bits per heavy atom. The van der Waals surface area contributed by atoms with Crippen LogP contribution in [0.5, 0.6) is 0 Å². The summed E-state index contributed by atoms with van der Waals surface area (Å²) >= 11 is 1.80. The van der Waals surface area contributed by atoms with E-state index < -0.39 is 0 Å². The minimum absolute atomic E-state index is 0.499. The zero-order valence-corrected chi connectivity index (χ0v) is 18.8. The van der Waals surface area contributed by atoms with E-state index in [1.54, 1.807) is 11.3 Å². The molecule has 1 unspecified atom stereocenters. The lowest BCUT2D eigenvalue weighted by Gasteiger charge is -2.39. The highest BCUT2D eigenvalue weighted by Crippen LogP contribution is 2.16. The third-order valence-electron chi connectivity index (χ3n) is 5.26. The summed E-state index contributed by atoms with van der Waals surface area (Å²) < 4.78 is 0. The number of aryl methyl sites for hydroxylation is 2. The Hall–Kier alpha value is -1.18. The van der Waals surface area contributed by atoms with E-state index in [1.807, 2.05) is 0 Å². The monoisotopic (exact) mass is 394 g/mol. The van der Waals surface area contributed by atoms with Crippen LogP contribution >= 0.6 is 11.3 Å². The van der Waals surface area contributed by atoms with Crippen LogP contribution in [0.3, 0.4) is 0 Å². The van der Waals surface area contributed by atoms with Crippen molar-refractivity contribution in [2.45, 2.75) is 47.1 Å². The molecule has 1 aromatic rings. The molecule has 0 aromatic carbocycles. The fraction of sp³-hybridized carbons (Fsp3) is 0.800. The van der Waals surface area contributed by atoms with Crippen molar-refractivity contribution in [1.29, 1.82) is 0 Å². The van der Waals surface area contributed by atoms with Crippen LogP contribution in [0.25, 0.3) is 0 Å². The highest BCUT2D eigenvalue weighted by molar-refractivity contribution is 7.11. The summed E-state index contributed by atoms with van der Waals surface area (Å²) in [5.74, 6) is 1.52. The molecule has 1 aliphatic heterocycles. The topological polar surface area (TPSA) is 55.8 Å². The van der Waals surface area contributed by atoms with Gasteiger partial charge in [0.05, 0.1) is 17.2 Å². The molecule has 0 radical (unpaired) electrons. The molecule has 2 heterocycles. The molecule has 154 valence electrons. The first-order chi connectivity index (χ1) is 12.9. The second kappa shape index (κ2) is 11.0. The Morgan fingerprint density at radius 1 is 1.19 bits per heavy atom. The van der Waals surface area contributed by atoms with Gasteiger partial charge in [-0.3, -0.25) is 9.89 Å². The number of piperazine rings is 1. The molecule has 0 bridgehead atoms. The van der Waals surface area contributed by atoms with Crippen molar-refractivity contribution in [1.82, 2.24) is 25.4 Å². The smallest absolute Gasteiger partial charge is 0.191 e. The molecule has 0 saturated carbocycles. The predicted octanol–water partition coefficient (Wildman–Crippen LogP) is 2.13. The van der Waals surface area contributed by atoms with Crippen LogP contribution in [0, 0.1) is 19.8 Å². The Kier molecular flexibility index (Phi) is 8.99. The van der Waals surface area contributed by atoms with Crippen LogP contribution < -0.4 is 10.6 Å². The fourth-order valence-corrected chi connectivity index (χ4v) is 4.30. The molecular formula is C20H38N6S. The van der Waals surface area contributed by atoms with Gasteiger partial charge in [0.15, 0.2) is 5.96 Å². The first-order valence-corrected chi connectivity index (χ1v) is 11.1. The summed E-state index contributed by atoms with van der Waals surface area (Å²) in [6.45, 7) is 18.1. The third kappa shape index (κ3) is 7.05. The van der Waals surface area contributed by atoms with Crippen molar-refractivity contribution in [3.05, 3.63) is 15.6 Å². The molecule has 0 aliphatic carbocycles. The summed E-state index contributed by atoms with van der Waals surface area (Å²) in [7, 11) is 2.21. The summed E-state index contributed by atoms with van der Waals surface area (Å²) in [5, 5.41) is 8.07. The molecule has 6 nitrogen and oxygen atoms in total. The van der Waals surface area contributed by atoms with Gasteiger partial charge in [0.1, 0.15) is 0 Å². The largest absolute Gasteiger partial charge is 0.357 e. The van der Waals surface area contributed by atoms with Crippen LogP contribution in [0.2, 0.25) is 0 Å². The minimum atomic E-state index is 0.499. The number of aromatic nitrogens is 1. The maximum absolute atomic E-state index is 4.91. The lowest BCUT2D eigenvalue weighted by molar-refractivity contribution is 0.0925. The first kappa shape index (κ1) is 22.1. The van der Waals surface area contributed by atoms with Crippen molar-refractivity contribution in [2.24, 2.45) is 10.9 Å². The number of thiazole rings is 1. The number of nitrogens with one attached hydrogen (secondary N) is 2. The average Bonchev–Trinajstić information content (AvgIpc) is 2.94. The molecule has 2 N–H and O–H groups in total. The molecule has 1 aromatic heterocycles. The quantitative estimate of drug-likeness (QED) is 0.523. The van der Waals surface area contributed by atoms with Crippen LogP contribution in [0.4, 0.5) is 0 Å². The van der Waals surface area contributed by atoms with E-state index >= 15 is 0 Å². The van der Waals surface area contributed by atoms with Gasteiger partial charge in [-0.2, -0.15) is 0 Å². The predicted molar refractivity (Wildman–Crippen MR) is 117 cm³/mol. The number of nitrogens with zero attached hydrogens (tertiary/aromatic N) is 4. The molecule has 1 atom stereocenters. The summed E-state index contributed by atoms with van der Waals surface area (Å²) in [6.07, 6.45) is 0.940. The lowest BCUT2D eigenvalue weighted by Crippen LogP contribution is -2.52. The average molecular weight is 395 g/mol. The molecule has 7 heteroatoms. The standard InChI is InChI=1S/C20H38N6S/c1-7-21-20(22-9-8-19-24-16(4)17(5)27-19)23-14-18(15(2)3)26-12-10-25(6)11-13-26/h15,18H,7-14H2,1-6H3,(H2,21,22,23). The Labute approximate surface area is 169 Å².